The molecule has 1 heterocycles. The zero-order chi connectivity index (χ0) is 30.2. The van der Waals surface area contributed by atoms with Crippen LogP contribution in [0.3, 0.4) is 0 Å². The van der Waals surface area contributed by atoms with Gasteiger partial charge in [0.25, 0.3) is 0 Å². The number of thiocarbonyl (C=S) groups is 1. The minimum absolute atomic E-state index is 0.154. The van der Waals surface area contributed by atoms with Gasteiger partial charge in [-0.2, -0.15) is 21.6 Å². The molecule has 1 fully saturated rings. The summed E-state index contributed by atoms with van der Waals surface area (Å²) in [6.07, 6.45) is -6.06. The van der Waals surface area contributed by atoms with E-state index in [1.807, 2.05) is 10.6 Å². The van der Waals surface area contributed by atoms with E-state index in [0.29, 0.717) is 43.2 Å². The van der Waals surface area contributed by atoms with Crippen LogP contribution in [0, 0.1) is 6.92 Å². The molecule has 1 aliphatic rings. The van der Waals surface area contributed by atoms with Crippen molar-refractivity contribution in [2.45, 2.75) is 57.2 Å². The van der Waals surface area contributed by atoms with Crippen LogP contribution >= 0.6 is 35.4 Å². The maximum Gasteiger partial charge on any atom is 0.390 e. The Morgan fingerprint density at radius 2 is 1.73 bits per heavy atom. The van der Waals surface area contributed by atoms with Gasteiger partial charge in [-0.25, -0.2) is 8.78 Å². The smallest absolute Gasteiger partial charge is 0.382 e. The highest BCUT2D eigenvalue weighted by molar-refractivity contribution is 7.87. The summed E-state index contributed by atoms with van der Waals surface area (Å²) in [7, 11) is -4.47. The fourth-order valence-electron chi connectivity index (χ4n) is 4.59. The third kappa shape index (κ3) is 8.12. The maximum atomic E-state index is 13.6. The molecular weight excluding hydrogens is 630 g/mol. The lowest BCUT2D eigenvalue weighted by Crippen LogP contribution is -2.40. The van der Waals surface area contributed by atoms with Gasteiger partial charge in [0.05, 0.1) is 22.9 Å². The van der Waals surface area contributed by atoms with Crippen LogP contribution in [0.4, 0.5) is 22.0 Å². The number of hydrogen-bond donors (Lipinski definition) is 1. The first-order valence-corrected chi connectivity index (χ1v) is 15.2. The fraction of sp³-hybridized carbons (Fsp3) is 0.370. The SMILES string of the molecule is Cc1c(C(=S)NC2CCC(F)(F)CC2)cc(-c2ccc(Cl)cc2Cl)n1-c1ccc(OS(=O)(=O)CCC(F)(F)F)cc1. The standard InChI is InChI=1S/C27H25Cl2F5N2O3S2/c1-16-22(25(40)35-18-8-10-26(30,31)11-9-18)15-24(21-7-2-17(28)14-23(21)29)36(16)19-3-5-20(6-4-19)39-41(37,38)13-12-27(32,33)34/h2-7,14-15,18H,8-13H2,1H3,(H,35,40). The molecule has 41 heavy (non-hydrogen) atoms. The average molecular weight is 656 g/mol. The van der Waals surface area contributed by atoms with Crippen molar-refractivity contribution < 1.29 is 34.6 Å². The summed E-state index contributed by atoms with van der Waals surface area (Å²) < 4.78 is 95.4. The molecule has 0 unspecified atom stereocenters. The molecule has 1 aliphatic carbocycles. The van der Waals surface area contributed by atoms with Crippen LogP contribution in [0.15, 0.2) is 48.5 Å². The normalized spacial score (nSPS) is 16.0. The van der Waals surface area contributed by atoms with E-state index >= 15 is 0 Å². The van der Waals surface area contributed by atoms with Crippen molar-refractivity contribution in [2.24, 2.45) is 0 Å². The minimum atomic E-state index is -4.64. The van der Waals surface area contributed by atoms with Crippen LogP contribution < -0.4 is 9.50 Å². The van der Waals surface area contributed by atoms with Gasteiger partial charge in [0, 0.05) is 46.4 Å². The predicted molar refractivity (Wildman–Crippen MR) is 153 cm³/mol. The van der Waals surface area contributed by atoms with Gasteiger partial charge in [0.1, 0.15) is 10.7 Å². The van der Waals surface area contributed by atoms with Crippen LogP contribution in [0.1, 0.15) is 43.4 Å². The Bertz CT molecular complexity index is 1530. The van der Waals surface area contributed by atoms with E-state index in [1.165, 1.54) is 12.1 Å². The Morgan fingerprint density at radius 1 is 1.10 bits per heavy atom. The van der Waals surface area contributed by atoms with E-state index in [1.54, 1.807) is 37.3 Å². The zero-order valence-corrected chi connectivity index (χ0v) is 24.7. The zero-order valence-electron chi connectivity index (χ0n) is 21.6. The van der Waals surface area contributed by atoms with Crippen molar-refractivity contribution >= 4 is 50.5 Å². The summed E-state index contributed by atoms with van der Waals surface area (Å²) >= 11 is 18.3. The molecule has 0 amide bonds. The number of hydrogen-bond acceptors (Lipinski definition) is 4. The quantitative estimate of drug-likeness (QED) is 0.151. The van der Waals surface area contributed by atoms with Gasteiger partial charge in [-0.1, -0.05) is 35.4 Å². The minimum Gasteiger partial charge on any atom is -0.382 e. The van der Waals surface area contributed by atoms with Gasteiger partial charge in [0.2, 0.25) is 5.92 Å². The number of benzene rings is 2. The molecule has 14 heteroatoms. The third-order valence-electron chi connectivity index (χ3n) is 6.70. The molecule has 0 bridgehead atoms. The van der Waals surface area contributed by atoms with Crippen LogP contribution in [0.25, 0.3) is 16.9 Å². The molecule has 0 aliphatic heterocycles. The van der Waals surface area contributed by atoms with Crippen LogP contribution in [-0.2, 0) is 10.1 Å². The van der Waals surface area contributed by atoms with Gasteiger partial charge in [-0.3, -0.25) is 0 Å². The molecule has 4 rings (SSSR count). The van der Waals surface area contributed by atoms with E-state index in [-0.39, 0.29) is 37.5 Å². The summed E-state index contributed by atoms with van der Waals surface area (Å²) in [5, 5.41) is 3.98. The third-order valence-corrected chi connectivity index (χ3v) is 8.74. The Hall–Kier alpha value is -2.41. The Kier molecular flexibility index (Phi) is 9.28. The molecule has 0 atom stereocenters. The molecule has 3 aromatic rings. The predicted octanol–water partition coefficient (Wildman–Crippen LogP) is 8.26. The number of nitrogens with zero attached hydrogens (tertiary/aromatic N) is 1. The number of nitrogens with one attached hydrogen (secondary N) is 1. The van der Waals surface area contributed by atoms with Crippen LogP contribution in [0.5, 0.6) is 5.75 Å². The highest BCUT2D eigenvalue weighted by Gasteiger charge is 2.35. The summed E-state index contributed by atoms with van der Waals surface area (Å²) in [4.78, 5) is 0.374. The highest BCUT2D eigenvalue weighted by atomic mass is 35.5. The number of halogens is 7. The lowest BCUT2D eigenvalue weighted by atomic mass is 9.92. The second kappa shape index (κ2) is 12.1. The molecule has 5 nitrogen and oxygen atoms in total. The molecule has 1 aromatic heterocycles. The number of alkyl halides is 5. The van der Waals surface area contributed by atoms with Gasteiger partial charge >= 0.3 is 16.3 Å². The van der Waals surface area contributed by atoms with Crippen molar-refractivity contribution in [3.8, 4) is 22.7 Å². The fourth-order valence-corrected chi connectivity index (χ4v) is 6.44. The first-order valence-electron chi connectivity index (χ1n) is 12.5. The Labute approximate surface area is 249 Å². The molecule has 0 spiro atoms. The van der Waals surface area contributed by atoms with Gasteiger partial charge in [-0.05, 0) is 68.3 Å². The monoisotopic (exact) mass is 654 g/mol. The molecule has 1 saturated carbocycles. The van der Waals surface area contributed by atoms with Crippen molar-refractivity contribution in [2.75, 3.05) is 5.75 Å². The van der Waals surface area contributed by atoms with Crippen molar-refractivity contribution in [3.63, 3.8) is 0 Å². The summed E-state index contributed by atoms with van der Waals surface area (Å²) in [6.45, 7) is 1.80. The topological polar surface area (TPSA) is 60.3 Å². The lowest BCUT2D eigenvalue weighted by Gasteiger charge is -2.29. The summed E-state index contributed by atoms with van der Waals surface area (Å²) in [5.74, 6) is -4.04. The molecular formula is C27H25Cl2F5N2O3S2. The van der Waals surface area contributed by atoms with E-state index < -0.39 is 34.4 Å². The Morgan fingerprint density at radius 3 is 2.32 bits per heavy atom. The Balaban J connectivity index is 1.66. The van der Waals surface area contributed by atoms with E-state index in [2.05, 4.69) is 5.32 Å². The molecule has 2 aromatic carbocycles. The molecule has 222 valence electrons. The van der Waals surface area contributed by atoms with Crippen molar-refractivity contribution in [1.82, 2.24) is 9.88 Å². The van der Waals surface area contributed by atoms with Crippen molar-refractivity contribution in [1.29, 1.82) is 0 Å². The first kappa shape index (κ1) is 31.5. The molecule has 0 saturated heterocycles. The van der Waals surface area contributed by atoms with Gasteiger partial charge in [0.15, 0.2) is 0 Å². The molecule has 0 radical (unpaired) electrons. The van der Waals surface area contributed by atoms with E-state index in [0.717, 1.165) is 0 Å². The highest BCUT2D eigenvalue weighted by Crippen LogP contribution is 2.37. The van der Waals surface area contributed by atoms with Crippen LogP contribution in [-0.4, -0.2) is 41.9 Å². The average Bonchev–Trinajstić information content (AvgIpc) is 3.21. The number of aromatic nitrogens is 1. The summed E-state index contributed by atoms with van der Waals surface area (Å²) in [6, 6.07) is 12.3. The van der Waals surface area contributed by atoms with Crippen molar-refractivity contribution in [3.05, 3.63) is 69.8 Å². The second-order valence-electron chi connectivity index (χ2n) is 9.80. The first-order chi connectivity index (χ1) is 19.0. The van der Waals surface area contributed by atoms with E-state index in [9.17, 15) is 30.4 Å². The van der Waals surface area contributed by atoms with Crippen LogP contribution in [0.2, 0.25) is 10.0 Å². The largest absolute Gasteiger partial charge is 0.390 e. The summed E-state index contributed by atoms with van der Waals surface area (Å²) in [5.41, 5.74) is 3.09. The van der Waals surface area contributed by atoms with E-state index in [4.69, 9.17) is 39.6 Å². The van der Waals surface area contributed by atoms with Gasteiger partial charge < -0.3 is 14.1 Å². The van der Waals surface area contributed by atoms with Gasteiger partial charge in [-0.15, -0.1) is 0 Å². The number of rotatable bonds is 8. The maximum absolute atomic E-state index is 13.6. The lowest BCUT2D eigenvalue weighted by molar-refractivity contribution is -0.130. The second-order valence-corrected chi connectivity index (χ2v) is 12.7. The molecule has 1 N–H and O–H groups in total.